The summed E-state index contributed by atoms with van der Waals surface area (Å²) in [5, 5.41) is 24.9. The van der Waals surface area contributed by atoms with Crippen molar-refractivity contribution >= 4 is 27.4 Å². The second kappa shape index (κ2) is 5.33. The molecule has 104 valence electrons. The zero-order valence-corrected chi connectivity index (χ0v) is 11.3. The molecule has 0 fully saturated rings. The van der Waals surface area contributed by atoms with Crippen LogP contribution in [0.4, 0.5) is 15.9 Å². The average Bonchev–Trinajstić information content (AvgIpc) is 2.69. The minimum Gasteiger partial charge on any atom is -0.358 e. The highest BCUT2D eigenvalue weighted by Crippen LogP contribution is 2.23. The molecule has 0 aliphatic rings. The van der Waals surface area contributed by atoms with E-state index in [-0.39, 0.29) is 28.1 Å². The van der Waals surface area contributed by atoms with Gasteiger partial charge in [-0.2, -0.15) is 4.68 Å². The van der Waals surface area contributed by atoms with E-state index in [1.54, 1.807) is 0 Å². The van der Waals surface area contributed by atoms with Crippen LogP contribution in [-0.2, 0) is 6.54 Å². The molecule has 0 spiro atoms. The van der Waals surface area contributed by atoms with Gasteiger partial charge in [0, 0.05) is 6.07 Å². The molecule has 0 amide bonds. The van der Waals surface area contributed by atoms with Gasteiger partial charge in [0.05, 0.1) is 28.8 Å². The molecule has 2 rings (SSSR count). The molecule has 1 heterocycles. The maximum absolute atomic E-state index is 13.3. The van der Waals surface area contributed by atoms with Crippen LogP contribution in [0.2, 0.25) is 0 Å². The van der Waals surface area contributed by atoms with Crippen LogP contribution in [0.25, 0.3) is 0 Å². The molecule has 0 bridgehead atoms. The number of benzene rings is 1. The normalized spacial score (nSPS) is 10.5. The third kappa shape index (κ3) is 2.96. The van der Waals surface area contributed by atoms with Gasteiger partial charge in [-0.3, -0.25) is 10.1 Å². The van der Waals surface area contributed by atoms with Gasteiger partial charge in [0.25, 0.3) is 5.69 Å². The van der Waals surface area contributed by atoms with Gasteiger partial charge in [-0.1, -0.05) is 0 Å². The van der Waals surface area contributed by atoms with Gasteiger partial charge < -0.3 is 10.1 Å². The highest BCUT2D eigenvalue weighted by Gasteiger charge is 2.19. The molecule has 0 radical (unpaired) electrons. The molecule has 0 saturated carbocycles. The predicted octanol–water partition coefficient (Wildman–Crippen LogP) is 2.65. The number of rotatable bonds is 4. The Hall–Kier alpha value is -2.36. The van der Waals surface area contributed by atoms with E-state index >= 15 is 0 Å². The molecular weight excluding hydrogens is 339 g/mol. The summed E-state index contributed by atoms with van der Waals surface area (Å²) in [6.45, 7) is -0.0228. The Kier molecular flexibility index (Phi) is 3.74. The lowest BCUT2D eigenvalue weighted by Crippen LogP contribution is -2.02. The van der Waals surface area contributed by atoms with Crippen molar-refractivity contribution in [2.45, 2.75) is 6.54 Å². The molecule has 0 atom stereocenters. The van der Waals surface area contributed by atoms with Gasteiger partial charge in [-0.05, 0) is 32.5 Å². The van der Waals surface area contributed by atoms with Gasteiger partial charge in [-0.25, -0.2) is 4.39 Å². The smallest absolute Gasteiger partial charge is 0.358 e. The summed E-state index contributed by atoms with van der Waals surface area (Å²) >= 11 is 2.98. The summed E-state index contributed by atoms with van der Waals surface area (Å²) in [7, 11) is 0. The lowest BCUT2D eigenvalue weighted by atomic mass is 10.2. The number of nitrogens with zero attached hydrogens (tertiary/aromatic N) is 4. The van der Waals surface area contributed by atoms with Crippen molar-refractivity contribution < 1.29 is 14.2 Å². The van der Waals surface area contributed by atoms with Gasteiger partial charge in [0.2, 0.25) is 0 Å². The molecule has 1 aromatic carbocycles. The summed E-state index contributed by atoms with van der Waals surface area (Å²) in [6, 6.07) is 3.09. The molecule has 2 aromatic rings. The van der Waals surface area contributed by atoms with Crippen molar-refractivity contribution in [2.24, 2.45) is 0 Å². The van der Waals surface area contributed by atoms with Crippen LogP contribution < -0.4 is 0 Å². The lowest BCUT2D eigenvalue weighted by molar-refractivity contribution is -0.390. The fourth-order valence-corrected chi connectivity index (χ4v) is 2.07. The Morgan fingerprint density at radius 2 is 1.95 bits per heavy atom. The Morgan fingerprint density at radius 3 is 2.50 bits per heavy atom. The van der Waals surface area contributed by atoms with Crippen LogP contribution >= 0.6 is 15.9 Å². The molecule has 0 N–H and O–H groups in total. The molecule has 0 aliphatic heterocycles. The first-order chi connectivity index (χ1) is 9.36. The quantitative estimate of drug-likeness (QED) is 0.626. The third-order valence-electron chi connectivity index (χ3n) is 2.37. The van der Waals surface area contributed by atoms with E-state index in [1.165, 1.54) is 16.9 Å². The largest absolute Gasteiger partial charge is 0.404 e. The zero-order valence-electron chi connectivity index (χ0n) is 9.69. The van der Waals surface area contributed by atoms with Gasteiger partial charge in [0.15, 0.2) is 0 Å². The Bertz CT molecular complexity index is 703. The fraction of sp³-hybridized carbons (Fsp3) is 0.100. The number of nitro benzene ring substituents is 1. The van der Waals surface area contributed by atoms with Crippen LogP contribution in [-0.4, -0.2) is 19.6 Å². The molecule has 0 saturated heterocycles. The zero-order chi connectivity index (χ0) is 14.9. The first-order valence-electron chi connectivity index (χ1n) is 5.18. The maximum atomic E-state index is 13.3. The average molecular weight is 345 g/mol. The molecule has 0 aliphatic carbocycles. The van der Waals surface area contributed by atoms with Crippen molar-refractivity contribution in [1.82, 2.24) is 9.78 Å². The minimum atomic E-state index is -0.755. The number of hydrogen-bond acceptors (Lipinski definition) is 5. The lowest BCUT2D eigenvalue weighted by Gasteiger charge is -1.99. The first-order valence-corrected chi connectivity index (χ1v) is 5.97. The number of halogens is 2. The van der Waals surface area contributed by atoms with Gasteiger partial charge in [-0.15, -0.1) is 0 Å². The Labute approximate surface area is 119 Å². The highest BCUT2D eigenvalue weighted by atomic mass is 79.9. The summed E-state index contributed by atoms with van der Waals surface area (Å²) in [5.74, 6) is -1.13. The van der Waals surface area contributed by atoms with E-state index in [0.717, 1.165) is 12.1 Å². The predicted molar refractivity (Wildman–Crippen MR) is 68.7 cm³/mol. The second-order valence-corrected chi connectivity index (χ2v) is 4.68. The molecule has 10 heteroatoms. The molecular formula is C10H6BrFN4O4. The first kappa shape index (κ1) is 14.1. The number of aromatic nitrogens is 2. The Morgan fingerprint density at radius 1 is 1.25 bits per heavy atom. The van der Waals surface area contributed by atoms with E-state index in [4.69, 9.17) is 0 Å². The fourth-order valence-electron chi connectivity index (χ4n) is 1.61. The topological polar surface area (TPSA) is 104 Å². The van der Waals surface area contributed by atoms with Gasteiger partial charge >= 0.3 is 5.82 Å². The van der Waals surface area contributed by atoms with Crippen LogP contribution in [0.3, 0.4) is 0 Å². The molecule has 8 nitrogen and oxygen atoms in total. The maximum Gasteiger partial charge on any atom is 0.404 e. The number of non-ortho nitro benzene ring substituents is 1. The monoisotopic (exact) mass is 344 g/mol. The highest BCUT2D eigenvalue weighted by molar-refractivity contribution is 9.10. The second-order valence-electron chi connectivity index (χ2n) is 3.83. The van der Waals surface area contributed by atoms with Crippen molar-refractivity contribution in [3.8, 4) is 0 Å². The summed E-state index contributed by atoms with van der Waals surface area (Å²) in [5.41, 5.74) is -0.109. The van der Waals surface area contributed by atoms with E-state index in [1.807, 2.05) is 0 Å². The van der Waals surface area contributed by atoms with E-state index in [0.29, 0.717) is 0 Å². The number of hydrogen-bond donors (Lipinski definition) is 0. The van der Waals surface area contributed by atoms with Crippen LogP contribution in [0, 0.1) is 26.0 Å². The third-order valence-corrected chi connectivity index (χ3v) is 2.93. The summed E-state index contributed by atoms with van der Waals surface area (Å²) in [4.78, 5) is 19.9. The van der Waals surface area contributed by atoms with Crippen molar-refractivity contribution in [2.75, 3.05) is 0 Å². The molecule has 20 heavy (non-hydrogen) atoms. The van der Waals surface area contributed by atoms with E-state index < -0.39 is 15.7 Å². The minimum absolute atomic E-state index is 0.0228. The van der Waals surface area contributed by atoms with E-state index in [9.17, 15) is 24.6 Å². The molecule has 0 unspecified atom stereocenters. The van der Waals surface area contributed by atoms with Crippen molar-refractivity contribution in [1.29, 1.82) is 0 Å². The van der Waals surface area contributed by atoms with Crippen molar-refractivity contribution in [3.63, 3.8) is 0 Å². The van der Waals surface area contributed by atoms with Crippen LogP contribution in [0.5, 0.6) is 0 Å². The van der Waals surface area contributed by atoms with Gasteiger partial charge in [0.1, 0.15) is 10.3 Å². The SMILES string of the molecule is O=[N+]([O-])c1cc(F)cc(Cn2cc(Br)c([N+](=O)[O-])n2)c1. The Balaban J connectivity index is 2.32. The van der Waals surface area contributed by atoms with E-state index in [2.05, 4.69) is 21.0 Å². The van der Waals surface area contributed by atoms with Crippen molar-refractivity contribution in [3.05, 3.63) is 60.5 Å². The number of nitro groups is 2. The molecule has 1 aromatic heterocycles. The van der Waals surface area contributed by atoms with Crippen LogP contribution in [0.15, 0.2) is 28.9 Å². The summed E-state index contributed by atoms with van der Waals surface area (Å²) in [6.07, 6.45) is 1.34. The standard InChI is InChI=1S/C10H6BrFN4O4/c11-9-5-14(13-10(9)16(19)20)4-6-1-7(12)3-8(2-6)15(17)18/h1-3,5H,4H2. The summed E-state index contributed by atoms with van der Waals surface area (Å²) < 4.78 is 14.6. The van der Waals surface area contributed by atoms with Crippen LogP contribution in [0.1, 0.15) is 5.56 Å².